The largest absolute Gasteiger partial charge is 0.352 e. The normalized spacial score (nSPS) is 10.5. The average Bonchev–Trinajstić information content (AvgIpc) is 2.99. The molecule has 8 heteroatoms. The molecular formula is C19H25N5O3. The summed E-state index contributed by atoms with van der Waals surface area (Å²) in [6.07, 6.45) is 3.05. The number of nitrogens with zero attached hydrogens (tertiary/aromatic N) is 2. The number of hydrogen-bond acceptors (Lipinski definition) is 4. The summed E-state index contributed by atoms with van der Waals surface area (Å²) in [6.45, 7) is 1.48. The van der Waals surface area contributed by atoms with Gasteiger partial charge in [-0.25, -0.2) is 0 Å². The van der Waals surface area contributed by atoms with Gasteiger partial charge in [0.25, 0.3) is 11.8 Å². The minimum Gasteiger partial charge on any atom is -0.352 e. The van der Waals surface area contributed by atoms with E-state index in [4.69, 9.17) is 0 Å². The predicted molar refractivity (Wildman–Crippen MR) is 105 cm³/mol. The van der Waals surface area contributed by atoms with Crippen molar-refractivity contribution in [2.75, 3.05) is 37.8 Å². The number of carbonyl (C=O) groups is 3. The number of benzene rings is 1. The second kappa shape index (κ2) is 9.54. The van der Waals surface area contributed by atoms with Crippen molar-refractivity contribution in [3.8, 4) is 0 Å². The van der Waals surface area contributed by atoms with E-state index in [1.807, 2.05) is 14.1 Å². The Bertz CT molecular complexity index is 813. The molecule has 0 aliphatic carbocycles. The first kappa shape index (κ1) is 20.2. The van der Waals surface area contributed by atoms with Gasteiger partial charge >= 0.3 is 0 Å². The highest BCUT2D eigenvalue weighted by Gasteiger charge is 2.13. The molecule has 144 valence electrons. The highest BCUT2D eigenvalue weighted by molar-refractivity contribution is 6.05. The highest BCUT2D eigenvalue weighted by atomic mass is 16.2. The zero-order chi connectivity index (χ0) is 19.8. The molecule has 0 saturated heterocycles. The van der Waals surface area contributed by atoms with Crippen molar-refractivity contribution < 1.29 is 14.4 Å². The lowest BCUT2D eigenvalue weighted by Crippen LogP contribution is -2.27. The van der Waals surface area contributed by atoms with Crippen molar-refractivity contribution in [1.29, 1.82) is 0 Å². The van der Waals surface area contributed by atoms with E-state index in [9.17, 15) is 14.4 Å². The Morgan fingerprint density at radius 2 is 1.93 bits per heavy atom. The molecule has 1 heterocycles. The lowest BCUT2D eigenvalue weighted by Gasteiger charge is -2.11. The fourth-order valence-electron chi connectivity index (χ4n) is 2.57. The molecule has 2 rings (SSSR count). The summed E-state index contributed by atoms with van der Waals surface area (Å²) in [5.41, 5.74) is 1.92. The molecule has 0 bridgehead atoms. The number of hydrogen-bond donors (Lipinski definition) is 3. The smallest absolute Gasteiger partial charge is 0.272 e. The summed E-state index contributed by atoms with van der Waals surface area (Å²) < 4.78 is 1.61. The standard InChI is InChI=1S/C19H25N5O3/c1-23(2)9-5-8-20-18(26)14-6-4-7-15(10-14)22-19(27)17-11-16(21-13-25)12-24(17)3/h4,6-7,10-13H,5,8-9H2,1-3H3,(H,20,26)(H,21,25)(H,22,27). The van der Waals surface area contributed by atoms with Gasteiger partial charge in [0.1, 0.15) is 5.69 Å². The molecule has 0 atom stereocenters. The first-order valence-electron chi connectivity index (χ1n) is 8.61. The molecule has 3 N–H and O–H groups in total. The first-order valence-corrected chi connectivity index (χ1v) is 8.61. The van der Waals surface area contributed by atoms with Crippen LogP contribution in [0.15, 0.2) is 36.5 Å². The number of anilines is 2. The minimum absolute atomic E-state index is 0.179. The van der Waals surface area contributed by atoms with Crippen molar-refractivity contribution in [1.82, 2.24) is 14.8 Å². The Morgan fingerprint density at radius 3 is 2.63 bits per heavy atom. The van der Waals surface area contributed by atoms with Gasteiger partial charge < -0.3 is 25.4 Å². The molecule has 0 aliphatic heterocycles. The Hall–Kier alpha value is -3.13. The topological polar surface area (TPSA) is 95.5 Å². The third-order valence-electron chi connectivity index (χ3n) is 3.91. The van der Waals surface area contributed by atoms with Crippen LogP contribution in [0.3, 0.4) is 0 Å². The van der Waals surface area contributed by atoms with Gasteiger partial charge in [0, 0.05) is 31.0 Å². The van der Waals surface area contributed by atoms with Crippen LogP contribution in [0.2, 0.25) is 0 Å². The van der Waals surface area contributed by atoms with Crippen LogP contribution in [0.25, 0.3) is 0 Å². The van der Waals surface area contributed by atoms with Gasteiger partial charge in [0.2, 0.25) is 6.41 Å². The van der Waals surface area contributed by atoms with E-state index in [0.29, 0.717) is 35.6 Å². The second-order valence-corrected chi connectivity index (χ2v) is 6.43. The maximum Gasteiger partial charge on any atom is 0.272 e. The SMILES string of the molecule is CN(C)CCCNC(=O)c1cccc(NC(=O)c2cc(NC=O)cn2C)c1. The van der Waals surface area contributed by atoms with Crippen LogP contribution < -0.4 is 16.0 Å². The molecule has 2 aromatic rings. The summed E-state index contributed by atoms with van der Waals surface area (Å²) in [5.74, 6) is -0.513. The Labute approximate surface area is 158 Å². The number of amides is 3. The lowest BCUT2D eigenvalue weighted by atomic mass is 10.2. The quantitative estimate of drug-likeness (QED) is 0.460. The molecule has 8 nitrogen and oxygen atoms in total. The Kier molecular flexibility index (Phi) is 7.13. The number of aryl methyl sites for hydroxylation is 1. The number of nitrogens with one attached hydrogen (secondary N) is 3. The van der Waals surface area contributed by atoms with Crippen LogP contribution in [0, 0.1) is 0 Å². The molecule has 3 amide bonds. The summed E-state index contributed by atoms with van der Waals surface area (Å²) in [5, 5.41) is 8.14. The molecule has 1 aromatic carbocycles. The molecule has 0 spiro atoms. The van der Waals surface area contributed by atoms with E-state index in [-0.39, 0.29) is 11.8 Å². The van der Waals surface area contributed by atoms with E-state index >= 15 is 0 Å². The Balaban J connectivity index is 1.99. The van der Waals surface area contributed by atoms with Gasteiger partial charge in [0.15, 0.2) is 0 Å². The summed E-state index contributed by atoms with van der Waals surface area (Å²) in [4.78, 5) is 37.3. The lowest BCUT2D eigenvalue weighted by molar-refractivity contribution is -0.105. The minimum atomic E-state index is -0.333. The molecule has 0 aliphatic rings. The van der Waals surface area contributed by atoms with Crippen molar-refractivity contribution in [2.24, 2.45) is 7.05 Å². The van der Waals surface area contributed by atoms with Crippen LogP contribution in [0.1, 0.15) is 27.3 Å². The number of aromatic nitrogens is 1. The fraction of sp³-hybridized carbons (Fsp3) is 0.316. The summed E-state index contributed by atoms with van der Waals surface area (Å²) in [7, 11) is 5.68. The molecule has 0 unspecified atom stereocenters. The van der Waals surface area contributed by atoms with Crippen molar-refractivity contribution >= 4 is 29.6 Å². The van der Waals surface area contributed by atoms with Crippen LogP contribution in [-0.4, -0.2) is 54.9 Å². The molecule has 0 fully saturated rings. The van der Waals surface area contributed by atoms with E-state index in [1.165, 1.54) is 0 Å². The fourth-order valence-corrected chi connectivity index (χ4v) is 2.57. The average molecular weight is 371 g/mol. The zero-order valence-electron chi connectivity index (χ0n) is 15.8. The Morgan fingerprint density at radius 1 is 1.15 bits per heavy atom. The van der Waals surface area contributed by atoms with Gasteiger partial charge in [-0.2, -0.15) is 0 Å². The summed E-state index contributed by atoms with van der Waals surface area (Å²) in [6, 6.07) is 8.34. The zero-order valence-corrected chi connectivity index (χ0v) is 15.8. The third-order valence-corrected chi connectivity index (χ3v) is 3.91. The second-order valence-electron chi connectivity index (χ2n) is 6.43. The summed E-state index contributed by atoms with van der Waals surface area (Å²) >= 11 is 0. The van der Waals surface area contributed by atoms with E-state index in [2.05, 4.69) is 20.9 Å². The molecule has 0 radical (unpaired) electrons. The first-order chi connectivity index (χ1) is 12.9. The van der Waals surface area contributed by atoms with Crippen LogP contribution in [0.4, 0.5) is 11.4 Å². The molecule has 0 saturated carbocycles. The predicted octanol–water partition coefficient (Wildman–Crippen LogP) is 1.53. The number of rotatable bonds is 9. The van der Waals surface area contributed by atoms with Crippen molar-refractivity contribution in [3.05, 3.63) is 47.8 Å². The van der Waals surface area contributed by atoms with Gasteiger partial charge in [0.05, 0.1) is 5.69 Å². The maximum atomic E-state index is 12.5. The molecular weight excluding hydrogens is 346 g/mol. The van der Waals surface area contributed by atoms with Crippen molar-refractivity contribution in [3.63, 3.8) is 0 Å². The third kappa shape index (κ3) is 5.96. The van der Waals surface area contributed by atoms with Gasteiger partial charge in [-0.15, -0.1) is 0 Å². The van der Waals surface area contributed by atoms with Crippen LogP contribution in [-0.2, 0) is 11.8 Å². The van der Waals surface area contributed by atoms with E-state index in [1.54, 1.807) is 48.1 Å². The van der Waals surface area contributed by atoms with Crippen LogP contribution >= 0.6 is 0 Å². The molecule has 1 aromatic heterocycles. The number of carbonyl (C=O) groups excluding carboxylic acids is 3. The molecule has 27 heavy (non-hydrogen) atoms. The van der Waals surface area contributed by atoms with Crippen LogP contribution in [0.5, 0.6) is 0 Å². The van der Waals surface area contributed by atoms with E-state index < -0.39 is 0 Å². The highest BCUT2D eigenvalue weighted by Crippen LogP contribution is 2.16. The monoisotopic (exact) mass is 371 g/mol. The van der Waals surface area contributed by atoms with Gasteiger partial charge in [-0.3, -0.25) is 14.4 Å². The van der Waals surface area contributed by atoms with Crippen molar-refractivity contribution in [2.45, 2.75) is 6.42 Å². The van der Waals surface area contributed by atoms with E-state index in [0.717, 1.165) is 13.0 Å². The maximum absolute atomic E-state index is 12.5. The van der Waals surface area contributed by atoms with Gasteiger partial charge in [-0.1, -0.05) is 6.07 Å². The van der Waals surface area contributed by atoms with Gasteiger partial charge in [-0.05, 0) is 51.3 Å².